The van der Waals surface area contributed by atoms with Gasteiger partial charge in [0.1, 0.15) is 0 Å². The van der Waals surface area contributed by atoms with Crippen LogP contribution in [0.15, 0.2) is 42.7 Å². The molecule has 2 aliphatic rings. The highest BCUT2D eigenvalue weighted by Gasteiger charge is 2.50. The highest BCUT2D eigenvalue weighted by atomic mass is 16.5. The molecule has 1 aliphatic heterocycles. The number of hydrogen-bond acceptors (Lipinski definition) is 4. The lowest BCUT2D eigenvalue weighted by molar-refractivity contribution is -0.0947. The van der Waals surface area contributed by atoms with Crippen molar-refractivity contribution in [1.29, 1.82) is 0 Å². The third-order valence-corrected chi connectivity index (χ3v) is 6.30. The van der Waals surface area contributed by atoms with E-state index >= 15 is 0 Å². The van der Waals surface area contributed by atoms with Gasteiger partial charge in [-0.25, -0.2) is 0 Å². The summed E-state index contributed by atoms with van der Waals surface area (Å²) in [6.07, 6.45) is 8.59. The van der Waals surface area contributed by atoms with Gasteiger partial charge in [-0.2, -0.15) is 5.10 Å². The molecule has 1 saturated heterocycles. The van der Waals surface area contributed by atoms with Crippen LogP contribution in [0.25, 0.3) is 0 Å². The summed E-state index contributed by atoms with van der Waals surface area (Å²) in [6.45, 7) is 2.90. The second-order valence-corrected chi connectivity index (χ2v) is 7.66. The van der Waals surface area contributed by atoms with E-state index in [9.17, 15) is 0 Å². The minimum absolute atomic E-state index is 0.0229. The van der Waals surface area contributed by atoms with E-state index in [0.29, 0.717) is 12.1 Å². The molecule has 0 bridgehead atoms. The Morgan fingerprint density at radius 1 is 1.12 bits per heavy atom. The van der Waals surface area contributed by atoms with Gasteiger partial charge < -0.3 is 9.47 Å². The lowest BCUT2D eigenvalue weighted by atomic mass is 9.79. The van der Waals surface area contributed by atoms with Gasteiger partial charge in [-0.05, 0) is 42.9 Å². The molecule has 0 N–H and O–H groups in total. The smallest absolute Gasteiger partial charge is 0.0847 e. The number of nitrogens with zero attached hydrogens (tertiary/aromatic N) is 3. The first-order valence-corrected chi connectivity index (χ1v) is 9.60. The fraction of sp³-hybridized carbons (Fsp3) is 0.571. The van der Waals surface area contributed by atoms with Gasteiger partial charge in [-0.1, -0.05) is 24.3 Å². The first-order chi connectivity index (χ1) is 12.7. The third kappa shape index (κ3) is 3.43. The molecular weight excluding hydrogens is 326 g/mol. The minimum Gasteiger partial charge on any atom is -0.381 e. The number of likely N-dealkylation sites (tertiary alicyclic amines) is 1. The van der Waals surface area contributed by atoms with Crippen LogP contribution in [0.2, 0.25) is 0 Å². The van der Waals surface area contributed by atoms with Crippen molar-refractivity contribution in [2.24, 2.45) is 0 Å². The molecule has 26 heavy (non-hydrogen) atoms. The monoisotopic (exact) mass is 355 g/mol. The molecule has 2 fully saturated rings. The van der Waals surface area contributed by atoms with Gasteiger partial charge in [-0.15, -0.1) is 0 Å². The maximum atomic E-state index is 6.03. The van der Waals surface area contributed by atoms with Gasteiger partial charge in [0.15, 0.2) is 0 Å². The van der Waals surface area contributed by atoms with Gasteiger partial charge in [0.25, 0.3) is 0 Å². The lowest BCUT2D eigenvalue weighted by Gasteiger charge is -2.43. The van der Waals surface area contributed by atoms with Gasteiger partial charge in [-0.3, -0.25) is 9.58 Å². The molecule has 2 aromatic rings. The second-order valence-electron chi connectivity index (χ2n) is 7.66. The van der Waals surface area contributed by atoms with Crippen molar-refractivity contribution in [3.05, 3.63) is 53.9 Å². The normalized spacial score (nSPS) is 29.0. The predicted octanol–water partition coefficient (Wildman–Crippen LogP) is 3.09. The van der Waals surface area contributed by atoms with Crippen molar-refractivity contribution in [3.63, 3.8) is 0 Å². The molecule has 5 nitrogen and oxygen atoms in total. The first kappa shape index (κ1) is 17.7. The van der Waals surface area contributed by atoms with Crippen LogP contribution in [0.5, 0.6) is 0 Å². The Hall–Kier alpha value is -1.69. The number of rotatable bonds is 6. The molecule has 3 atom stereocenters. The zero-order valence-electron chi connectivity index (χ0n) is 15.8. The van der Waals surface area contributed by atoms with Crippen molar-refractivity contribution in [3.8, 4) is 0 Å². The first-order valence-electron chi connectivity index (χ1n) is 9.60. The Kier molecular flexibility index (Phi) is 5.11. The number of hydrogen-bond donors (Lipinski definition) is 0. The van der Waals surface area contributed by atoms with Crippen LogP contribution < -0.4 is 0 Å². The van der Waals surface area contributed by atoms with Crippen LogP contribution in [0.3, 0.4) is 0 Å². The Morgan fingerprint density at radius 3 is 2.54 bits per heavy atom. The largest absolute Gasteiger partial charge is 0.381 e. The molecule has 0 spiro atoms. The summed E-state index contributed by atoms with van der Waals surface area (Å²) in [7, 11) is 3.72. The lowest BCUT2D eigenvalue weighted by Crippen LogP contribution is -2.51. The topological polar surface area (TPSA) is 39.5 Å². The Bertz CT molecular complexity index is 701. The van der Waals surface area contributed by atoms with Crippen LogP contribution in [-0.2, 0) is 22.6 Å². The maximum absolute atomic E-state index is 6.03. The van der Waals surface area contributed by atoms with Gasteiger partial charge in [0.2, 0.25) is 0 Å². The Labute approximate surface area is 155 Å². The second kappa shape index (κ2) is 7.51. The van der Waals surface area contributed by atoms with Crippen LogP contribution in [-0.4, -0.2) is 53.2 Å². The summed E-state index contributed by atoms with van der Waals surface area (Å²) in [5, 5.41) is 4.28. The van der Waals surface area contributed by atoms with Gasteiger partial charge >= 0.3 is 0 Å². The fourth-order valence-corrected chi connectivity index (χ4v) is 4.72. The highest BCUT2D eigenvalue weighted by Crippen LogP contribution is 2.43. The number of benzene rings is 1. The van der Waals surface area contributed by atoms with Crippen molar-refractivity contribution in [2.45, 2.75) is 56.5 Å². The molecule has 1 saturated carbocycles. The molecule has 1 aliphatic carbocycles. The summed E-state index contributed by atoms with van der Waals surface area (Å²) in [6, 6.07) is 11.4. The molecule has 5 heteroatoms. The standard InChI is InChI=1S/C21H29N3O2/c1-25-19-8-9-21(26-2)10-13-23(20(21)14-19)15-17-4-6-18(7-5-17)16-24-12-3-11-22-24/h3-7,11-12,19-20H,8-10,13-16H2,1-2H3/t19-,20+,21-/m1/s1. The van der Waals surface area contributed by atoms with E-state index in [1.54, 1.807) is 0 Å². The molecule has 0 amide bonds. The molecule has 0 radical (unpaired) electrons. The van der Waals surface area contributed by atoms with Crippen molar-refractivity contribution in [2.75, 3.05) is 20.8 Å². The Balaban J connectivity index is 1.43. The summed E-state index contributed by atoms with van der Waals surface area (Å²) in [5.41, 5.74) is 2.66. The van der Waals surface area contributed by atoms with Crippen molar-refractivity contribution < 1.29 is 9.47 Å². The molecule has 1 aromatic heterocycles. The van der Waals surface area contributed by atoms with Crippen LogP contribution in [0.4, 0.5) is 0 Å². The van der Waals surface area contributed by atoms with E-state index in [2.05, 4.69) is 34.3 Å². The average Bonchev–Trinajstić information content (AvgIpc) is 3.31. The van der Waals surface area contributed by atoms with E-state index in [1.165, 1.54) is 11.1 Å². The van der Waals surface area contributed by atoms with Crippen LogP contribution in [0, 0.1) is 0 Å². The van der Waals surface area contributed by atoms with E-state index in [4.69, 9.17) is 9.47 Å². The van der Waals surface area contributed by atoms with Crippen LogP contribution in [0.1, 0.15) is 36.8 Å². The maximum Gasteiger partial charge on any atom is 0.0847 e. The number of methoxy groups -OCH3 is 2. The van der Waals surface area contributed by atoms with E-state index < -0.39 is 0 Å². The number of ether oxygens (including phenoxy) is 2. The Morgan fingerprint density at radius 2 is 1.88 bits per heavy atom. The number of fused-ring (bicyclic) bond motifs is 1. The zero-order chi connectivity index (χ0) is 18.0. The van der Waals surface area contributed by atoms with E-state index in [0.717, 1.165) is 45.3 Å². The summed E-state index contributed by atoms with van der Waals surface area (Å²) in [4.78, 5) is 2.59. The van der Waals surface area contributed by atoms with Gasteiger partial charge in [0, 0.05) is 45.7 Å². The SMILES string of the molecule is CO[C@@H]1CC[C@@]2(OC)CCN(Cc3ccc(Cn4cccn4)cc3)[C@H]2C1. The molecule has 140 valence electrons. The molecular formula is C21H29N3O2. The van der Waals surface area contributed by atoms with Crippen molar-refractivity contribution in [1.82, 2.24) is 14.7 Å². The number of aromatic nitrogens is 2. The van der Waals surface area contributed by atoms with E-state index in [-0.39, 0.29) is 5.60 Å². The van der Waals surface area contributed by atoms with Crippen LogP contribution >= 0.6 is 0 Å². The summed E-state index contributed by atoms with van der Waals surface area (Å²) in [5.74, 6) is 0. The third-order valence-electron chi connectivity index (χ3n) is 6.30. The van der Waals surface area contributed by atoms with Gasteiger partial charge in [0.05, 0.1) is 18.2 Å². The van der Waals surface area contributed by atoms with E-state index in [1.807, 2.05) is 37.4 Å². The minimum atomic E-state index is 0.0229. The predicted molar refractivity (Wildman–Crippen MR) is 101 cm³/mol. The summed E-state index contributed by atoms with van der Waals surface area (Å²) < 4.78 is 13.7. The molecule has 1 aromatic carbocycles. The molecule has 4 rings (SSSR count). The molecule has 2 heterocycles. The fourth-order valence-electron chi connectivity index (χ4n) is 4.72. The summed E-state index contributed by atoms with van der Waals surface area (Å²) >= 11 is 0. The zero-order valence-corrected chi connectivity index (χ0v) is 15.8. The van der Waals surface area contributed by atoms with Crippen molar-refractivity contribution >= 4 is 0 Å². The quantitative estimate of drug-likeness (QED) is 0.798. The average molecular weight is 355 g/mol. The molecule has 0 unspecified atom stereocenters. The highest BCUT2D eigenvalue weighted by molar-refractivity contribution is 5.23.